The molecule has 1 aromatic heterocycles. The summed E-state index contributed by atoms with van der Waals surface area (Å²) < 4.78 is 23.3. The highest BCUT2D eigenvalue weighted by atomic mass is 19.1. The van der Waals surface area contributed by atoms with Crippen molar-refractivity contribution >= 4 is 11.6 Å². The monoisotopic (exact) mass is 304 g/mol. The van der Waals surface area contributed by atoms with Crippen LogP contribution in [0.5, 0.6) is 11.6 Å². The van der Waals surface area contributed by atoms with Crippen molar-refractivity contribution in [2.24, 2.45) is 0 Å². The smallest absolute Gasteiger partial charge is 0.224 e. The highest BCUT2D eigenvalue weighted by molar-refractivity contribution is 5.90. The van der Waals surface area contributed by atoms with Crippen LogP contribution in [0, 0.1) is 5.82 Å². The van der Waals surface area contributed by atoms with Crippen LogP contribution in [0.1, 0.15) is 12.0 Å². The summed E-state index contributed by atoms with van der Waals surface area (Å²) >= 11 is 0. The predicted molar refractivity (Wildman–Crippen MR) is 80.7 cm³/mol. The third kappa shape index (κ3) is 4.18. The van der Waals surface area contributed by atoms with Crippen LogP contribution in [-0.4, -0.2) is 25.1 Å². The lowest BCUT2D eigenvalue weighted by Crippen LogP contribution is -2.12. The first-order valence-corrected chi connectivity index (χ1v) is 6.74. The fourth-order valence-electron chi connectivity index (χ4n) is 1.92. The molecule has 2 rings (SSSR count). The molecule has 6 heteroatoms. The normalized spacial score (nSPS) is 10.1. The van der Waals surface area contributed by atoms with Crippen molar-refractivity contribution in [1.29, 1.82) is 0 Å². The average molecular weight is 304 g/mol. The minimum atomic E-state index is -0.431. The van der Waals surface area contributed by atoms with Crippen molar-refractivity contribution in [1.82, 2.24) is 4.98 Å². The van der Waals surface area contributed by atoms with Crippen LogP contribution in [0.3, 0.4) is 0 Å². The summed E-state index contributed by atoms with van der Waals surface area (Å²) in [5, 5.41) is 2.73. The molecule has 0 aliphatic heterocycles. The second-order valence-electron chi connectivity index (χ2n) is 4.61. The zero-order valence-corrected chi connectivity index (χ0v) is 12.4. The predicted octanol–water partition coefficient (Wildman–Crippen LogP) is 2.81. The fourth-order valence-corrected chi connectivity index (χ4v) is 1.92. The van der Waals surface area contributed by atoms with Crippen molar-refractivity contribution in [3.05, 3.63) is 47.9 Å². The van der Waals surface area contributed by atoms with E-state index >= 15 is 0 Å². The summed E-state index contributed by atoms with van der Waals surface area (Å²) in [4.78, 5) is 15.9. The van der Waals surface area contributed by atoms with E-state index in [-0.39, 0.29) is 18.1 Å². The minimum Gasteiger partial charge on any atom is -0.494 e. The molecule has 0 atom stereocenters. The molecule has 0 fully saturated rings. The van der Waals surface area contributed by atoms with Gasteiger partial charge in [-0.25, -0.2) is 9.37 Å². The first kappa shape index (κ1) is 15.8. The van der Waals surface area contributed by atoms with Gasteiger partial charge in [0.25, 0.3) is 0 Å². The van der Waals surface area contributed by atoms with E-state index in [1.165, 1.54) is 26.5 Å². The number of ether oxygens (including phenoxy) is 2. The first-order chi connectivity index (χ1) is 10.6. The Morgan fingerprint density at radius 1 is 1.23 bits per heavy atom. The Morgan fingerprint density at radius 3 is 2.64 bits per heavy atom. The number of methoxy groups -OCH3 is 2. The van der Waals surface area contributed by atoms with Crippen molar-refractivity contribution in [3.63, 3.8) is 0 Å². The topological polar surface area (TPSA) is 60.5 Å². The second-order valence-corrected chi connectivity index (χ2v) is 4.61. The lowest BCUT2D eigenvalue weighted by atomic mass is 10.1. The zero-order chi connectivity index (χ0) is 15.9. The average Bonchev–Trinajstić information content (AvgIpc) is 2.54. The number of benzene rings is 1. The van der Waals surface area contributed by atoms with Gasteiger partial charge >= 0.3 is 0 Å². The van der Waals surface area contributed by atoms with E-state index in [4.69, 9.17) is 9.47 Å². The van der Waals surface area contributed by atoms with Gasteiger partial charge in [0.1, 0.15) is 0 Å². The minimum absolute atomic E-state index is 0.164. The summed E-state index contributed by atoms with van der Waals surface area (Å²) in [6, 6.07) is 8.03. The van der Waals surface area contributed by atoms with Gasteiger partial charge in [0.05, 0.1) is 26.1 Å². The van der Waals surface area contributed by atoms with Gasteiger partial charge in [0.2, 0.25) is 11.8 Å². The maximum Gasteiger partial charge on any atom is 0.224 e. The standard InChI is InChI=1S/C16H17FN2O3/c1-21-14-6-3-11(9-13(14)17)4-7-15(20)19-12-5-8-16(22-2)18-10-12/h3,5-6,8-10H,4,7H2,1-2H3,(H,19,20). The third-order valence-electron chi connectivity index (χ3n) is 3.09. The van der Waals surface area contributed by atoms with Crippen LogP contribution in [0.25, 0.3) is 0 Å². The molecular formula is C16H17FN2O3. The Kier molecular flexibility index (Phi) is 5.30. The molecule has 0 bridgehead atoms. The van der Waals surface area contributed by atoms with Gasteiger partial charge in [-0.1, -0.05) is 6.07 Å². The van der Waals surface area contributed by atoms with Crippen molar-refractivity contribution in [2.45, 2.75) is 12.8 Å². The molecule has 1 aromatic carbocycles. The molecule has 0 spiro atoms. The molecule has 0 aliphatic rings. The van der Waals surface area contributed by atoms with Gasteiger partial charge < -0.3 is 14.8 Å². The summed E-state index contributed by atoms with van der Waals surface area (Å²) in [6.07, 6.45) is 2.21. The largest absolute Gasteiger partial charge is 0.494 e. The van der Waals surface area contributed by atoms with Crippen molar-refractivity contribution in [2.75, 3.05) is 19.5 Å². The molecule has 0 unspecified atom stereocenters. The molecular weight excluding hydrogens is 287 g/mol. The van der Waals surface area contributed by atoms with E-state index < -0.39 is 5.82 Å². The Hall–Kier alpha value is -2.63. The molecule has 0 saturated carbocycles. The number of carbonyl (C=O) groups excluding carboxylic acids is 1. The van der Waals surface area contributed by atoms with Crippen LogP contribution in [0.2, 0.25) is 0 Å². The van der Waals surface area contributed by atoms with E-state index in [1.54, 1.807) is 24.3 Å². The van der Waals surface area contributed by atoms with Crippen molar-refractivity contribution in [3.8, 4) is 11.6 Å². The van der Waals surface area contributed by atoms with Crippen LogP contribution in [0.15, 0.2) is 36.5 Å². The molecule has 5 nitrogen and oxygen atoms in total. The molecule has 0 aliphatic carbocycles. The molecule has 1 heterocycles. The number of anilines is 1. The number of hydrogen-bond acceptors (Lipinski definition) is 4. The Bertz CT molecular complexity index is 644. The van der Waals surface area contributed by atoms with Crippen LogP contribution in [-0.2, 0) is 11.2 Å². The van der Waals surface area contributed by atoms with Gasteiger partial charge in [0, 0.05) is 12.5 Å². The third-order valence-corrected chi connectivity index (χ3v) is 3.09. The summed E-state index contributed by atoms with van der Waals surface area (Å²) in [5.74, 6) is 0.0761. The van der Waals surface area contributed by atoms with Crippen LogP contribution >= 0.6 is 0 Å². The SMILES string of the molecule is COc1ccc(NC(=O)CCc2ccc(OC)c(F)c2)cn1. The van der Waals surface area contributed by atoms with E-state index in [9.17, 15) is 9.18 Å². The number of amides is 1. The number of pyridine rings is 1. The molecule has 2 aromatic rings. The van der Waals surface area contributed by atoms with Crippen molar-refractivity contribution < 1.29 is 18.7 Å². The lowest BCUT2D eigenvalue weighted by Gasteiger charge is -2.07. The van der Waals surface area contributed by atoms with Crippen LogP contribution < -0.4 is 14.8 Å². The van der Waals surface area contributed by atoms with E-state index in [2.05, 4.69) is 10.3 Å². The molecule has 22 heavy (non-hydrogen) atoms. The highest BCUT2D eigenvalue weighted by Gasteiger charge is 2.07. The number of aromatic nitrogens is 1. The Balaban J connectivity index is 1.88. The molecule has 1 amide bonds. The van der Waals surface area contributed by atoms with Gasteiger partial charge in [-0.15, -0.1) is 0 Å². The van der Waals surface area contributed by atoms with Gasteiger partial charge in [-0.3, -0.25) is 4.79 Å². The quantitative estimate of drug-likeness (QED) is 0.891. The van der Waals surface area contributed by atoms with Gasteiger partial charge in [0.15, 0.2) is 11.6 Å². The molecule has 116 valence electrons. The molecule has 1 N–H and O–H groups in total. The summed E-state index contributed by atoms with van der Waals surface area (Å²) in [7, 11) is 2.93. The number of hydrogen-bond donors (Lipinski definition) is 1. The first-order valence-electron chi connectivity index (χ1n) is 6.74. The van der Waals surface area contributed by atoms with E-state index in [0.29, 0.717) is 18.0 Å². The van der Waals surface area contributed by atoms with Gasteiger partial charge in [-0.05, 0) is 30.2 Å². The Labute approximate surface area is 128 Å². The number of carbonyl (C=O) groups is 1. The maximum absolute atomic E-state index is 13.5. The number of halogens is 1. The lowest BCUT2D eigenvalue weighted by molar-refractivity contribution is -0.116. The number of nitrogens with one attached hydrogen (secondary N) is 1. The fraction of sp³-hybridized carbons (Fsp3) is 0.250. The Morgan fingerprint density at radius 2 is 2.05 bits per heavy atom. The van der Waals surface area contributed by atoms with E-state index in [0.717, 1.165) is 5.56 Å². The van der Waals surface area contributed by atoms with Crippen LogP contribution in [0.4, 0.5) is 10.1 Å². The highest BCUT2D eigenvalue weighted by Crippen LogP contribution is 2.18. The number of aryl methyl sites for hydroxylation is 1. The second kappa shape index (κ2) is 7.40. The molecule has 0 radical (unpaired) electrons. The zero-order valence-electron chi connectivity index (χ0n) is 12.4. The number of rotatable bonds is 6. The summed E-state index contributed by atoms with van der Waals surface area (Å²) in [5.41, 5.74) is 1.33. The summed E-state index contributed by atoms with van der Waals surface area (Å²) in [6.45, 7) is 0. The number of nitrogens with zero attached hydrogens (tertiary/aromatic N) is 1. The van der Waals surface area contributed by atoms with Gasteiger partial charge in [-0.2, -0.15) is 0 Å². The van der Waals surface area contributed by atoms with E-state index in [1.807, 2.05) is 0 Å². The maximum atomic E-state index is 13.5. The molecule has 0 saturated heterocycles.